The second-order valence-corrected chi connectivity index (χ2v) is 6.06. The maximum absolute atomic E-state index is 13.1. The van der Waals surface area contributed by atoms with E-state index in [1.165, 1.54) is 6.07 Å². The lowest BCUT2D eigenvalue weighted by Gasteiger charge is -2.24. The third-order valence-corrected chi connectivity index (χ3v) is 3.06. The molecule has 0 spiro atoms. The number of rotatable bonds is 6. The fourth-order valence-electron chi connectivity index (χ4n) is 2.36. The highest BCUT2D eigenvalue weighted by atomic mass is 19.1. The highest BCUT2D eigenvalue weighted by molar-refractivity contribution is 5.51. The monoisotopic (exact) mass is 251 g/mol. The summed E-state index contributed by atoms with van der Waals surface area (Å²) in [5, 5.41) is 3.57. The zero-order valence-electron chi connectivity index (χ0n) is 12.3. The molecule has 0 fully saturated rings. The van der Waals surface area contributed by atoms with Gasteiger partial charge in [-0.2, -0.15) is 0 Å². The molecule has 0 aliphatic heterocycles. The molecule has 0 unspecified atom stereocenters. The summed E-state index contributed by atoms with van der Waals surface area (Å²) in [5.74, 6) is 1.17. The van der Waals surface area contributed by atoms with Crippen molar-refractivity contribution in [1.82, 2.24) is 0 Å². The Morgan fingerprint density at radius 1 is 1.06 bits per heavy atom. The first-order valence-corrected chi connectivity index (χ1v) is 6.91. The standard InChI is InChI=1S/C16H26FN/c1-11(2)8-15(9-12(3)4)18-16-7-6-14(17)10-13(16)5/h6-7,10-12,15,18H,8-9H2,1-5H3. The van der Waals surface area contributed by atoms with Gasteiger partial charge in [-0.3, -0.25) is 0 Å². The zero-order chi connectivity index (χ0) is 13.7. The highest BCUT2D eigenvalue weighted by Crippen LogP contribution is 2.22. The van der Waals surface area contributed by atoms with Crippen molar-refractivity contribution in [3.8, 4) is 0 Å². The molecule has 0 saturated carbocycles. The highest BCUT2D eigenvalue weighted by Gasteiger charge is 2.13. The van der Waals surface area contributed by atoms with Crippen molar-refractivity contribution in [3.05, 3.63) is 29.6 Å². The molecule has 18 heavy (non-hydrogen) atoms. The summed E-state index contributed by atoms with van der Waals surface area (Å²) in [7, 11) is 0. The van der Waals surface area contributed by atoms with E-state index in [0.29, 0.717) is 17.9 Å². The molecule has 0 heterocycles. The Morgan fingerprint density at radius 3 is 2.06 bits per heavy atom. The Balaban J connectivity index is 2.75. The first-order valence-electron chi connectivity index (χ1n) is 6.91. The summed E-state index contributed by atoms with van der Waals surface area (Å²) >= 11 is 0. The average molecular weight is 251 g/mol. The SMILES string of the molecule is Cc1cc(F)ccc1NC(CC(C)C)CC(C)C. The lowest BCUT2D eigenvalue weighted by Crippen LogP contribution is -2.24. The molecule has 1 aromatic rings. The predicted molar refractivity (Wildman–Crippen MR) is 77.5 cm³/mol. The van der Waals surface area contributed by atoms with E-state index in [9.17, 15) is 4.39 Å². The fourth-order valence-corrected chi connectivity index (χ4v) is 2.36. The van der Waals surface area contributed by atoms with Gasteiger partial charge in [0.05, 0.1) is 0 Å². The minimum Gasteiger partial charge on any atom is -0.382 e. The number of nitrogens with one attached hydrogen (secondary N) is 1. The van der Waals surface area contributed by atoms with Crippen LogP contribution >= 0.6 is 0 Å². The van der Waals surface area contributed by atoms with Crippen LogP contribution < -0.4 is 5.32 Å². The Hall–Kier alpha value is -1.05. The molecule has 0 aliphatic rings. The Bertz CT molecular complexity index is 361. The molecular formula is C16H26FN. The van der Waals surface area contributed by atoms with Gasteiger partial charge < -0.3 is 5.32 Å². The van der Waals surface area contributed by atoms with Crippen LogP contribution in [0, 0.1) is 24.6 Å². The van der Waals surface area contributed by atoms with Crippen LogP contribution in [0.25, 0.3) is 0 Å². The Kier molecular flexibility index (Phi) is 5.64. The summed E-state index contributed by atoms with van der Waals surface area (Å²) in [6.45, 7) is 10.9. The zero-order valence-corrected chi connectivity index (χ0v) is 12.3. The van der Waals surface area contributed by atoms with Gasteiger partial charge in [0.15, 0.2) is 0 Å². The first-order chi connectivity index (χ1) is 8.38. The van der Waals surface area contributed by atoms with Crippen molar-refractivity contribution in [2.45, 2.75) is 53.5 Å². The number of aryl methyl sites for hydroxylation is 1. The second kappa shape index (κ2) is 6.77. The summed E-state index contributed by atoms with van der Waals surface area (Å²) in [6, 6.07) is 5.42. The van der Waals surface area contributed by atoms with Crippen molar-refractivity contribution in [3.63, 3.8) is 0 Å². The van der Waals surface area contributed by atoms with E-state index in [1.807, 2.05) is 13.0 Å². The quantitative estimate of drug-likeness (QED) is 0.749. The van der Waals surface area contributed by atoms with Crippen molar-refractivity contribution in [2.75, 3.05) is 5.32 Å². The molecule has 0 bridgehead atoms. The van der Waals surface area contributed by atoms with Gasteiger partial charge in [-0.25, -0.2) is 4.39 Å². The van der Waals surface area contributed by atoms with Gasteiger partial charge in [0.2, 0.25) is 0 Å². The summed E-state index contributed by atoms with van der Waals surface area (Å²) in [4.78, 5) is 0. The van der Waals surface area contributed by atoms with Gasteiger partial charge >= 0.3 is 0 Å². The van der Waals surface area contributed by atoms with Gasteiger partial charge in [0, 0.05) is 11.7 Å². The topological polar surface area (TPSA) is 12.0 Å². The van der Waals surface area contributed by atoms with E-state index in [0.717, 1.165) is 24.1 Å². The van der Waals surface area contributed by atoms with Gasteiger partial charge in [-0.1, -0.05) is 27.7 Å². The smallest absolute Gasteiger partial charge is 0.123 e. The normalized spacial score (nSPS) is 11.6. The number of halogens is 1. The van der Waals surface area contributed by atoms with Gasteiger partial charge in [-0.15, -0.1) is 0 Å². The van der Waals surface area contributed by atoms with E-state index >= 15 is 0 Å². The maximum Gasteiger partial charge on any atom is 0.123 e. The lowest BCUT2D eigenvalue weighted by atomic mass is 9.95. The van der Waals surface area contributed by atoms with E-state index in [-0.39, 0.29) is 5.82 Å². The van der Waals surface area contributed by atoms with Crippen molar-refractivity contribution >= 4 is 5.69 Å². The number of anilines is 1. The van der Waals surface area contributed by atoms with Crippen LogP contribution in [0.5, 0.6) is 0 Å². The fraction of sp³-hybridized carbons (Fsp3) is 0.625. The summed E-state index contributed by atoms with van der Waals surface area (Å²) in [6.07, 6.45) is 2.30. The summed E-state index contributed by atoms with van der Waals surface area (Å²) in [5.41, 5.74) is 2.04. The average Bonchev–Trinajstić information content (AvgIpc) is 2.20. The second-order valence-electron chi connectivity index (χ2n) is 6.06. The van der Waals surface area contributed by atoms with Crippen LogP contribution in [0.3, 0.4) is 0 Å². The molecule has 0 aromatic heterocycles. The van der Waals surface area contributed by atoms with Crippen molar-refractivity contribution in [2.24, 2.45) is 11.8 Å². The van der Waals surface area contributed by atoms with Crippen molar-refractivity contribution in [1.29, 1.82) is 0 Å². The number of hydrogen-bond donors (Lipinski definition) is 1. The van der Waals surface area contributed by atoms with Gasteiger partial charge in [0.1, 0.15) is 5.82 Å². The van der Waals surface area contributed by atoms with E-state index in [2.05, 4.69) is 33.0 Å². The van der Waals surface area contributed by atoms with E-state index in [4.69, 9.17) is 0 Å². The van der Waals surface area contributed by atoms with Crippen LogP contribution in [-0.4, -0.2) is 6.04 Å². The van der Waals surface area contributed by atoms with Crippen molar-refractivity contribution < 1.29 is 4.39 Å². The molecule has 0 aliphatic carbocycles. The molecule has 1 nitrogen and oxygen atoms in total. The van der Waals surface area contributed by atoms with Crippen LogP contribution in [0.2, 0.25) is 0 Å². The maximum atomic E-state index is 13.1. The van der Waals surface area contributed by atoms with E-state index < -0.39 is 0 Å². The van der Waals surface area contributed by atoms with Gasteiger partial charge in [-0.05, 0) is 55.4 Å². The molecule has 2 heteroatoms. The first kappa shape index (κ1) is 15.0. The van der Waals surface area contributed by atoms with E-state index in [1.54, 1.807) is 6.07 Å². The molecular weight excluding hydrogens is 225 g/mol. The molecule has 0 saturated heterocycles. The molecule has 0 atom stereocenters. The molecule has 1 rings (SSSR count). The minimum absolute atomic E-state index is 0.165. The van der Waals surface area contributed by atoms with Crippen LogP contribution in [0.15, 0.2) is 18.2 Å². The van der Waals surface area contributed by atoms with Crippen LogP contribution in [0.1, 0.15) is 46.1 Å². The molecule has 0 amide bonds. The van der Waals surface area contributed by atoms with Crippen LogP contribution in [-0.2, 0) is 0 Å². The third kappa shape index (κ3) is 5.07. The number of benzene rings is 1. The summed E-state index contributed by atoms with van der Waals surface area (Å²) < 4.78 is 13.1. The lowest BCUT2D eigenvalue weighted by molar-refractivity contribution is 0.442. The molecule has 0 radical (unpaired) electrons. The largest absolute Gasteiger partial charge is 0.382 e. The Morgan fingerprint density at radius 2 is 1.61 bits per heavy atom. The van der Waals surface area contributed by atoms with Crippen LogP contribution in [0.4, 0.5) is 10.1 Å². The molecule has 102 valence electrons. The minimum atomic E-state index is -0.165. The van der Waals surface area contributed by atoms with Gasteiger partial charge in [0.25, 0.3) is 0 Å². The molecule has 1 N–H and O–H groups in total. The molecule has 1 aromatic carbocycles. The Labute approximate surface area is 111 Å². The third-order valence-electron chi connectivity index (χ3n) is 3.06. The number of hydrogen-bond acceptors (Lipinski definition) is 1. The predicted octanol–water partition coefficient (Wildman–Crippen LogP) is 5.01.